The molecule has 0 heterocycles. The molecule has 0 fully saturated rings. The van der Waals surface area contributed by atoms with Crippen LogP contribution in [0.4, 0.5) is 4.39 Å². The third-order valence-corrected chi connectivity index (χ3v) is 3.27. The molecule has 110 valence electrons. The average Bonchev–Trinajstić information content (AvgIpc) is 2.49. The van der Waals surface area contributed by atoms with Crippen LogP contribution < -0.4 is 4.74 Å². The minimum atomic E-state index is -0.708. The van der Waals surface area contributed by atoms with Gasteiger partial charge in [0, 0.05) is 10.0 Å². The summed E-state index contributed by atoms with van der Waals surface area (Å²) in [4.78, 5) is 11.9. The highest BCUT2D eigenvalue weighted by molar-refractivity contribution is 9.10. The molecule has 21 heavy (non-hydrogen) atoms. The van der Waals surface area contributed by atoms with Crippen molar-refractivity contribution in [3.63, 3.8) is 0 Å². The molecule has 0 aromatic heterocycles. The molecule has 0 N–H and O–H groups in total. The summed E-state index contributed by atoms with van der Waals surface area (Å²) in [5.74, 6) is -0.663. The molecule has 2 aromatic rings. The van der Waals surface area contributed by atoms with E-state index in [4.69, 9.17) is 9.47 Å². The summed E-state index contributed by atoms with van der Waals surface area (Å²) in [6.07, 6.45) is 0. The number of hydrogen-bond acceptors (Lipinski definition) is 3. The first-order chi connectivity index (χ1) is 10.1. The summed E-state index contributed by atoms with van der Waals surface area (Å²) in [6.45, 7) is 2.42. The third kappa shape index (κ3) is 4.04. The Morgan fingerprint density at radius 1 is 1.24 bits per heavy atom. The van der Waals surface area contributed by atoms with E-state index in [0.29, 0.717) is 16.8 Å². The summed E-state index contributed by atoms with van der Waals surface area (Å²) in [6, 6.07) is 11.4. The van der Waals surface area contributed by atoms with Crippen molar-refractivity contribution in [1.82, 2.24) is 0 Å². The first-order valence-corrected chi connectivity index (χ1v) is 7.24. The van der Waals surface area contributed by atoms with E-state index in [1.807, 2.05) is 19.1 Å². The molecule has 0 saturated carbocycles. The Morgan fingerprint density at radius 3 is 2.76 bits per heavy atom. The monoisotopic (exact) mass is 352 g/mol. The fraction of sp³-hybridized carbons (Fsp3) is 0.188. The summed E-state index contributed by atoms with van der Waals surface area (Å²) in [5, 5.41) is 0. The van der Waals surface area contributed by atoms with Gasteiger partial charge in [-0.15, -0.1) is 0 Å². The largest absolute Gasteiger partial charge is 0.493 e. The molecule has 0 aliphatic heterocycles. The third-order valence-electron chi connectivity index (χ3n) is 2.78. The maximum atomic E-state index is 13.6. The van der Waals surface area contributed by atoms with Crippen molar-refractivity contribution in [2.24, 2.45) is 0 Å². The molecule has 0 unspecified atom stereocenters. The second-order valence-corrected chi connectivity index (χ2v) is 5.16. The molecule has 3 nitrogen and oxygen atoms in total. The van der Waals surface area contributed by atoms with Crippen LogP contribution in [0.15, 0.2) is 46.9 Å². The molecule has 0 spiro atoms. The molecule has 0 amide bonds. The predicted octanol–water partition coefficient (Wildman–Crippen LogP) is 4.34. The van der Waals surface area contributed by atoms with Crippen LogP contribution in [0.3, 0.4) is 0 Å². The van der Waals surface area contributed by atoms with Gasteiger partial charge in [0.15, 0.2) is 0 Å². The topological polar surface area (TPSA) is 35.5 Å². The van der Waals surface area contributed by atoms with Crippen LogP contribution in [-0.2, 0) is 11.3 Å². The molecule has 2 rings (SSSR count). The molecule has 2 aromatic carbocycles. The average molecular weight is 353 g/mol. The van der Waals surface area contributed by atoms with E-state index in [1.165, 1.54) is 18.2 Å². The van der Waals surface area contributed by atoms with E-state index >= 15 is 0 Å². The number of benzene rings is 2. The fourth-order valence-electron chi connectivity index (χ4n) is 1.79. The Labute approximate surface area is 130 Å². The molecule has 0 radical (unpaired) electrons. The van der Waals surface area contributed by atoms with Gasteiger partial charge in [-0.1, -0.05) is 34.1 Å². The van der Waals surface area contributed by atoms with Crippen LogP contribution in [-0.4, -0.2) is 12.6 Å². The summed E-state index contributed by atoms with van der Waals surface area (Å²) < 4.78 is 24.8. The minimum absolute atomic E-state index is 0.0287. The standard InChI is InChI=1S/C16H14BrFO3/c1-2-20-15-6-4-3-5-11(15)10-21-16(19)13-9-12(17)7-8-14(13)18/h3-9H,2,10H2,1H3. The molecule has 0 saturated heterocycles. The predicted molar refractivity (Wildman–Crippen MR) is 80.8 cm³/mol. The zero-order chi connectivity index (χ0) is 15.2. The fourth-order valence-corrected chi connectivity index (χ4v) is 2.16. The SMILES string of the molecule is CCOc1ccccc1COC(=O)c1cc(Br)ccc1F. The molecule has 0 atom stereocenters. The Morgan fingerprint density at radius 2 is 2.00 bits per heavy atom. The van der Waals surface area contributed by atoms with E-state index < -0.39 is 11.8 Å². The minimum Gasteiger partial charge on any atom is -0.493 e. The number of ether oxygens (including phenoxy) is 2. The van der Waals surface area contributed by atoms with Crippen LogP contribution in [0, 0.1) is 5.82 Å². The highest BCUT2D eigenvalue weighted by Gasteiger charge is 2.14. The van der Waals surface area contributed by atoms with Crippen molar-refractivity contribution in [2.75, 3.05) is 6.61 Å². The van der Waals surface area contributed by atoms with Gasteiger partial charge in [-0.2, -0.15) is 0 Å². The lowest BCUT2D eigenvalue weighted by Gasteiger charge is -2.11. The molecule has 0 aliphatic carbocycles. The van der Waals surface area contributed by atoms with Gasteiger partial charge in [0.1, 0.15) is 18.2 Å². The number of esters is 1. The second-order valence-electron chi connectivity index (χ2n) is 4.24. The molecule has 5 heteroatoms. The van der Waals surface area contributed by atoms with Crippen molar-refractivity contribution in [3.8, 4) is 5.75 Å². The quantitative estimate of drug-likeness (QED) is 0.750. The van der Waals surface area contributed by atoms with Crippen LogP contribution in [0.25, 0.3) is 0 Å². The Bertz CT molecular complexity index is 643. The van der Waals surface area contributed by atoms with Crippen molar-refractivity contribution < 1.29 is 18.7 Å². The van der Waals surface area contributed by atoms with E-state index in [2.05, 4.69) is 15.9 Å². The molecular weight excluding hydrogens is 339 g/mol. The molecule has 0 bridgehead atoms. The van der Waals surface area contributed by atoms with Crippen LogP contribution in [0.5, 0.6) is 5.75 Å². The first kappa shape index (κ1) is 15.5. The number of rotatable bonds is 5. The Hall–Kier alpha value is -1.88. The van der Waals surface area contributed by atoms with Gasteiger partial charge in [0.2, 0.25) is 0 Å². The molecule has 0 aliphatic rings. The Balaban J connectivity index is 2.09. The van der Waals surface area contributed by atoms with Crippen molar-refractivity contribution in [1.29, 1.82) is 0 Å². The number of halogens is 2. The number of carbonyl (C=O) groups excluding carboxylic acids is 1. The van der Waals surface area contributed by atoms with Crippen molar-refractivity contribution in [2.45, 2.75) is 13.5 Å². The maximum Gasteiger partial charge on any atom is 0.341 e. The van der Waals surface area contributed by atoms with Gasteiger partial charge in [-0.05, 0) is 31.2 Å². The number of hydrogen-bond donors (Lipinski definition) is 0. The highest BCUT2D eigenvalue weighted by atomic mass is 79.9. The van der Waals surface area contributed by atoms with Gasteiger partial charge in [0.25, 0.3) is 0 Å². The summed E-state index contributed by atoms with van der Waals surface area (Å²) in [7, 11) is 0. The van der Waals surface area contributed by atoms with Crippen LogP contribution in [0.2, 0.25) is 0 Å². The van der Waals surface area contributed by atoms with E-state index in [1.54, 1.807) is 12.1 Å². The van der Waals surface area contributed by atoms with Crippen LogP contribution in [0.1, 0.15) is 22.8 Å². The normalized spacial score (nSPS) is 10.2. The lowest BCUT2D eigenvalue weighted by molar-refractivity contribution is 0.0464. The van der Waals surface area contributed by atoms with Crippen LogP contribution >= 0.6 is 15.9 Å². The zero-order valence-electron chi connectivity index (χ0n) is 11.4. The van der Waals surface area contributed by atoms with Crippen molar-refractivity contribution in [3.05, 3.63) is 63.9 Å². The van der Waals surface area contributed by atoms with E-state index in [-0.39, 0.29) is 12.2 Å². The molecular formula is C16H14BrFO3. The summed E-state index contributed by atoms with van der Waals surface area (Å²) in [5.41, 5.74) is 0.640. The van der Waals surface area contributed by atoms with Gasteiger partial charge < -0.3 is 9.47 Å². The number of carbonyl (C=O) groups is 1. The lowest BCUT2D eigenvalue weighted by Crippen LogP contribution is -2.08. The maximum absolute atomic E-state index is 13.6. The summed E-state index contributed by atoms with van der Waals surface area (Å²) >= 11 is 3.20. The second kappa shape index (κ2) is 7.22. The van der Waals surface area contributed by atoms with E-state index in [0.717, 1.165) is 5.56 Å². The van der Waals surface area contributed by atoms with Crippen molar-refractivity contribution >= 4 is 21.9 Å². The van der Waals surface area contributed by atoms with E-state index in [9.17, 15) is 9.18 Å². The smallest absolute Gasteiger partial charge is 0.341 e. The first-order valence-electron chi connectivity index (χ1n) is 6.44. The van der Waals surface area contributed by atoms with Gasteiger partial charge >= 0.3 is 5.97 Å². The Kier molecular flexibility index (Phi) is 5.33. The van der Waals surface area contributed by atoms with Gasteiger partial charge in [0.05, 0.1) is 12.2 Å². The van der Waals surface area contributed by atoms with Gasteiger partial charge in [-0.3, -0.25) is 0 Å². The number of para-hydroxylation sites is 1. The zero-order valence-corrected chi connectivity index (χ0v) is 13.0. The van der Waals surface area contributed by atoms with Gasteiger partial charge in [-0.25, -0.2) is 9.18 Å². The lowest BCUT2D eigenvalue weighted by atomic mass is 10.2. The highest BCUT2D eigenvalue weighted by Crippen LogP contribution is 2.21.